The number of Topliss-reactive ketones (excluding diaryl/α,β-unsaturated/α-hetero) is 2. The lowest BCUT2D eigenvalue weighted by Gasteiger charge is -2.37. The number of hydrogen-bond acceptors (Lipinski definition) is 8. The zero-order chi connectivity index (χ0) is 22.9. The SMILES string of the molecule is CC(C)C1(OCC2(C(C)(C)c3cccnc3)C(=O)C2(N)C(=O)O)C(=O)C1(N)C(=O)O. The van der Waals surface area contributed by atoms with E-state index in [4.69, 9.17) is 16.2 Å². The van der Waals surface area contributed by atoms with Gasteiger partial charge in [-0.05, 0) is 17.5 Å². The van der Waals surface area contributed by atoms with E-state index < -0.39 is 63.5 Å². The fraction of sp³-hybridized carbons (Fsp3) is 0.550. The van der Waals surface area contributed by atoms with Crippen LogP contribution in [0.5, 0.6) is 0 Å². The third-order valence-electron chi connectivity index (χ3n) is 7.03. The van der Waals surface area contributed by atoms with Crippen molar-refractivity contribution in [3.8, 4) is 0 Å². The molecule has 0 radical (unpaired) electrons. The van der Waals surface area contributed by atoms with Crippen LogP contribution >= 0.6 is 0 Å². The van der Waals surface area contributed by atoms with Crippen molar-refractivity contribution in [1.82, 2.24) is 4.98 Å². The molecule has 0 aliphatic heterocycles. The summed E-state index contributed by atoms with van der Waals surface area (Å²) in [6.45, 7) is 5.80. The Morgan fingerprint density at radius 3 is 2.07 bits per heavy atom. The van der Waals surface area contributed by atoms with Crippen LogP contribution in [0.3, 0.4) is 0 Å². The van der Waals surface area contributed by atoms with Crippen molar-refractivity contribution in [3.63, 3.8) is 0 Å². The molecule has 0 spiro atoms. The molecule has 0 aromatic carbocycles. The number of carbonyl (C=O) groups is 4. The highest BCUT2D eigenvalue weighted by Gasteiger charge is 2.88. The van der Waals surface area contributed by atoms with Gasteiger partial charge in [0.25, 0.3) is 0 Å². The van der Waals surface area contributed by atoms with Crippen molar-refractivity contribution >= 4 is 23.5 Å². The van der Waals surface area contributed by atoms with Crippen LogP contribution in [0.4, 0.5) is 0 Å². The molecule has 4 unspecified atom stereocenters. The second-order valence-corrected chi connectivity index (χ2v) is 8.84. The van der Waals surface area contributed by atoms with Crippen LogP contribution in [0.15, 0.2) is 24.5 Å². The van der Waals surface area contributed by atoms with E-state index >= 15 is 0 Å². The first-order valence-corrected chi connectivity index (χ1v) is 9.39. The molecule has 10 heteroatoms. The largest absolute Gasteiger partial charge is 0.480 e. The van der Waals surface area contributed by atoms with Crippen molar-refractivity contribution in [1.29, 1.82) is 0 Å². The summed E-state index contributed by atoms with van der Waals surface area (Å²) in [6.07, 6.45) is 3.01. The van der Waals surface area contributed by atoms with Crippen molar-refractivity contribution in [2.45, 2.75) is 49.8 Å². The molecule has 6 N–H and O–H groups in total. The molecule has 0 bridgehead atoms. The minimum absolute atomic E-state index is 0.536. The van der Waals surface area contributed by atoms with Gasteiger partial charge >= 0.3 is 11.9 Å². The molecular weight excluding hydrogens is 394 g/mol. The molecule has 2 saturated carbocycles. The minimum Gasteiger partial charge on any atom is -0.480 e. The highest BCUT2D eigenvalue weighted by Crippen LogP contribution is 2.63. The summed E-state index contributed by atoms with van der Waals surface area (Å²) < 4.78 is 5.80. The first-order chi connectivity index (χ1) is 13.7. The van der Waals surface area contributed by atoms with Gasteiger partial charge in [0.2, 0.25) is 11.3 Å². The Kier molecular flexibility index (Phi) is 4.52. The van der Waals surface area contributed by atoms with Gasteiger partial charge in [-0.2, -0.15) is 0 Å². The normalized spacial score (nSPS) is 35.4. The zero-order valence-corrected chi connectivity index (χ0v) is 17.1. The van der Waals surface area contributed by atoms with Crippen LogP contribution in [0.2, 0.25) is 0 Å². The second kappa shape index (κ2) is 6.16. The first kappa shape index (κ1) is 22.0. The maximum Gasteiger partial charge on any atom is 0.335 e. The van der Waals surface area contributed by atoms with Gasteiger partial charge in [-0.1, -0.05) is 33.8 Å². The Labute approximate surface area is 172 Å². The zero-order valence-electron chi connectivity index (χ0n) is 17.1. The number of aromatic nitrogens is 1. The predicted molar refractivity (Wildman–Crippen MR) is 102 cm³/mol. The summed E-state index contributed by atoms with van der Waals surface area (Å²) >= 11 is 0. The molecular formula is C20H25N3O7. The third-order valence-corrected chi connectivity index (χ3v) is 7.03. The molecule has 30 heavy (non-hydrogen) atoms. The van der Waals surface area contributed by atoms with E-state index in [1.54, 1.807) is 39.8 Å². The standard InChI is InChI=1S/C20H25N3O7/c1-10(2)20(13(25)19(20,22)15(28)29)30-9-17(12(24)18(17,21)14(26)27)16(3,4)11-6-5-7-23-8-11/h5-8,10H,9,21-22H2,1-4H3,(H,26,27)(H,28,29). The van der Waals surface area contributed by atoms with Crippen molar-refractivity contribution in [2.75, 3.05) is 6.61 Å². The predicted octanol–water partition coefficient (Wildman–Crippen LogP) is -0.513. The van der Waals surface area contributed by atoms with E-state index in [-0.39, 0.29) is 0 Å². The summed E-state index contributed by atoms with van der Waals surface area (Å²) in [5.74, 6) is -5.35. The Morgan fingerprint density at radius 2 is 1.70 bits per heavy atom. The summed E-state index contributed by atoms with van der Waals surface area (Å²) in [7, 11) is 0. The Morgan fingerprint density at radius 1 is 1.13 bits per heavy atom. The van der Waals surface area contributed by atoms with Gasteiger partial charge in [-0.15, -0.1) is 0 Å². The number of ketones is 2. The molecule has 2 fully saturated rings. The third kappa shape index (κ3) is 2.16. The highest BCUT2D eigenvalue weighted by atomic mass is 16.5. The number of nitrogens with zero attached hydrogens (tertiary/aromatic N) is 1. The van der Waals surface area contributed by atoms with E-state index in [0.29, 0.717) is 5.56 Å². The van der Waals surface area contributed by atoms with E-state index in [1.807, 2.05) is 0 Å². The summed E-state index contributed by atoms with van der Waals surface area (Å²) in [4.78, 5) is 53.1. The lowest BCUT2D eigenvalue weighted by molar-refractivity contribution is -0.147. The molecule has 1 heterocycles. The van der Waals surface area contributed by atoms with Gasteiger partial charge in [0.15, 0.2) is 16.9 Å². The number of carboxylic acids is 2. The van der Waals surface area contributed by atoms with Crippen LogP contribution in [-0.4, -0.2) is 62.0 Å². The molecule has 1 aromatic heterocycles. The maximum absolute atomic E-state index is 13.0. The fourth-order valence-electron chi connectivity index (χ4n) is 4.78. The number of aliphatic carboxylic acids is 2. The number of nitrogens with two attached hydrogens (primary N) is 2. The number of ether oxygens (including phenoxy) is 1. The maximum atomic E-state index is 13.0. The Hall–Kier alpha value is -2.69. The molecule has 4 atom stereocenters. The minimum atomic E-state index is -2.28. The number of rotatable bonds is 8. The molecule has 0 amide bonds. The van der Waals surface area contributed by atoms with Gasteiger partial charge in [-0.3, -0.25) is 14.6 Å². The number of hydrogen-bond donors (Lipinski definition) is 4. The van der Waals surface area contributed by atoms with Crippen LogP contribution in [0.25, 0.3) is 0 Å². The van der Waals surface area contributed by atoms with E-state index in [0.717, 1.165) is 0 Å². The summed E-state index contributed by atoms with van der Waals surface area (Å²) in [6, 6.07) is 3.31. The highest BCUT2D eigenvalue weighted by molar-refractivity contribution is 6.30. The monoisotopic (exact) mass is 419 g/mol. The summed E-state index contributed by atoms with van der Waals surface area (Å²) in [5.41, 5.74) is 3.03. The average molecular weight is 419 g/mol. The number of carboxylic acid groups (broad SMARTS) is 2. The van der Waals surface area contributed by atoms with Crippen molar-refractivity contribution in [3.05, 3.63) is 30.1 Å². The van der Waals surface area contributed by atoms with Crippen LogP contribution in [0.1, 0.15) is 33.3 Å². The summed E-state index contributed by atoms with van der Waals surface area (Å²) in [5, 5.41) is 19.2. The lowest BCUT2D eigenvalue weighted by Crippen LogP contribution is -2.52. The molecule has 2 aliphatic carbocycles. The number of carbonyl (C=O) groups excluding carboxylic acids is 2. The van der Waals surface area contributed by atoms with E-state index in [1.165, 1.54) is 12.4 Å². The van der Waals surface area contributed by atoms with E-state index in [9.17, 15) is 29.4 Å². The molecule has 10 nitrogen and oxygen atoms in total. The van der Waals surface area contributed by atoms with Crippen molar-refractivity contribution < 1.29 is 34.1 Å². The van der Waals surface area contributed by atoms with E-state index in [2.05, 4.69) is 4.98 Å². The molecule has 0 saturated heterocycles. The van der Waals surface area contributed by atoms with Gasteiger partial charge in [0.05, 0.1) is 12.0 Å². The second-order valence-electron chi connectivity index (χ2n) is 8.84. The van der Waals surface area contributed by atoms with Gasteiger partial charge in [-0.25, -0.2) is 9.59 Å². The quantitative estimate of drug-likeness (QED) is 0.400. The molecule has 2 aliphatic rings. The molecule has 1 aromatic rings. The van der Waals surface area contributed by atoms with Gasteiger partial charge in [0, 0.05) is 17.8 Å². The van der Waals surface area contributed by atoms with Crippen molar-refractivity contribution in [2.24, 2.45) is 22.8 Å². The molecule has 3 rings (SSSR count). The van der Waals surface area contributed by atoms with Gasteiger partial charge < -0.3 is 26.4 Å². The molecule has 162 valence electrons. The average Bonchev–Trinajstić information content (AvgIpc) is 3.40. The Balaban J connectivity index is 2.08. The fourth-order valence-corrected chi connectivity index (χ4v) is 4.78. The van der Waals surface area contributed by atoms with Crippen LogP contribution in [0, 0.1) is 11.3 Å². The first-order valence-electron chi connectivity index (χ1n) is 9.39. The smallest absolute Gasteiger partial charge is 0.335 e. The Bertz CT molecular complexity index is 962. The number of pyridine rings is 1. The van der Waals surface area contributed by atoms with Crippen LogP contribution < -0.4 is 11.5 Å². The van der Waals surface area contributed by atoms with Crippen LogP contribution in [-0.2, 0) is 29.3 Å². The van der Waals surface area contributed by atoms with Gasteiger partial charge in [0.1, 0.15) is 0 Å². The lowest BCUT2D eigenvalue weighted by atomic mass is 9.69. The topological polar surface area (TPSA) is 183 Å².